The van der Waals surface area contributed by atoms with Gasteiger partial charge in [-0.25, -0.2) is 9.97 Å². The van der Waals surface area contributed by atoms with Crippen molar-refractivity contribution in [2.75, 3.05) is 0 Å². The molecule has 62 heavy (non-hydrogen) atoms. The molecule has 2 radical (unpaired) electrons. The van der Waals surface area contributed by atoms with E-state index in [0.717, 1.165) is 78.4 Å². The highest BCUT2D eigenvalue weighted by Crippen LogP contribution is 2.63. The molecule has 0 N–H and O–H groups in total. The van der Waals surface area contributed by atoms with E-state index in [4.69, 9.17) is 17.8 Å². The van der Waals surface area contributed by atoms with Crippen molar-refractivity contribution >= 4 is 35.4 Å². The van der Waals surface area contributed by atoms with Gasteiger partial charge in [0.25, 0.3) is 0 Å². The predicted octanol–water partition coefficient (Wildman–Crippen LogP) is 12.5. The summed E-state index contributed by atoms with van der Waals surface area (Å²) in [6.07, 6.45) is 0. The van der Waals surface area contributed by atoms with Gasteiger partial charge in [0, 0.05) is 22.5 Å². The van der Waals surface area contributed by atoms with Gasteiger partial charge in [0.2, 0.25) is 0 Å². The Balaban J connectivity index is 1.14. The number of imidazole rings is 2. The third-order valence-corrected chi connectivity index (χ3v) is 13.1. The van der Waals surface area contributed by atoms with Gasteiger partial charge in [-0.2, -0.15) is 0 Å². The molecular formula is C57H35BN4. The summed E-state index contributed by atoms with van der Waals surface area (Å²) in [4.78, 5) is 10.8. The summed E-state index contributed by atoms with van der Waals surface area (Å²) in [6.45, 7) is 0. The summed E-state index contributed by atoms with van der Waals surface area (Å²) in [6, 6.07) is 75.9. The number of hydrogen-bond acceptors (Lipinski definition) is 2. The fourth-order valence-electron chi connectivity index (χ4n) is 10.7. The van der Waals surface area contributed by atoms with Crippen LogP contribution in [0.15, 0.2) is 212 Å². The third-order valence-electron chi connectivity index (χ3n) is 13.1. The second kappa shape index (κ2) is 13.2. The Morgan fingerprint density at radius 2 is 0.774 bits per heavy atom. The molecule has 1 atom stereocenters. The van der Waals surface area contributed by atoms with E-state index in [1.54, 1.807) is 0 Å². The zero-order valence-electron chi connectivity index (χ0n) is 33.6. The van der Waals surface area contributed by atoms with E-state index in [0.29, 0.717) is 0 Å². The molecule has 4 nitrogen and oxygen atoms in total. The maximum absolute atomic E-state index is 6.89. The Hall–Kier alpha value is -8.02. The Labute approximate surface area is 360 Å². The van der Waals surface area contributed by atoms with Crippen molar-refractivity contribution in [2.24, 2.45) is 0 Å². The normalized spacial score (nSPS) is 14.6. The minimum Gasteiger partial charge on any atom is -0.292 e. The first-order chi connectivity index (χ1) is 30.7. The van der Waals surface area contributed by atoms with Crippen LogP contribution in [0, 0.1) is 0 Å². The van der Waals surface area contributed by atoms with Gasteiger partial charge in [-0.1, -0.05) is 151 Å². The number of fused-ring (bicyclic) bond motifs is 12. The zero-order chi connectivity index (χ0) is 40.9. The van der Waals surface area contributed by atoms with Crippen LogP contribution < -0.4 is 5.46 Å². The van der Waals surface area contributed by atoms with Crippen LogP contribution >= 0.6 is 0 Å². The van der Waals surface area contributed by atoms with Gasteiger partial charge < -0.3 is 0 Å². The number of para-hydroxylation sites is 6. The average molecular weight is 787 g/mol. The molecule has 0 saturated heterocycles. The molecule has 0 saturated carbocycles. The monoisotopic (exact) mass is 786 g/mol. The van der Waals surface area contributed by atoms with Crippen molar-refractivity contribution in [3.8, 4) is 67.5 Å². The van der Waals surface area contributed by atoms with Crippen LogP contribution in [0.3, 0.4) is 0 Å². The maximum Gasteiger partial charge on any atom is 0.145 e. The summed E-state index contributed by atoms with van der Waals surface area (Å²) in [7, 11) is 6.89. The van der Waals surface area contributed by atoms with Gasteiger partial charge in [0.05, 0.1) is 27.5 Å². The van der Waals surface area contributed by atoms with E-state index in [-0.39, 0.29) is 0 Å². The van der Waals surface area contributed by atoms with Crippen LogP contribution in [0.1, 0.15) is 22.3 Å². The highest BCUT2D eigenvalue weighted by molar-refractivity contribution is 6.36. The lowest BCUT2D eigenvalue weighted by Crippen LogP contribution is -2.26. The molecule has 2 aliphatic rings. The lowest BCUT2D eigenvalue weighted by atomic mass is 9.70. The van der Waals surface area contributed by atoms with Crippen LogP contribution in [0.5, 0.6) is 0 Å². The third kappa shape index (κ3) is 4.79. The second-order valence-electron chi connectivity index (χ2n) is 16.3. The van der Waals surface area contributed by atoms with Crippen molar-refractivity contribution in [1.82, 2.24) is 19.1 Å². The quantitative estimate of drug-likeness (QED) is 0.163. The number of rotatable bonds is 5. The molecule has 0 fully saturated rings. The molecule has 1 unspecified atom stereocenters. The molecule has 9 aromatic carbocycles. The molecule has 2 heterocycles. The SMILES string of the molecule is [B]c1cccc2c1-c1ccccc1C21c2ccccc2-c2c(-c3cc(-c4nc5ccccc5n4-c4ccccc4)cc(-c4nc5ccccc5n4-c4ccccc4)c3)cccc21. The summed E-state index contributed by atoms with van der Waals surface area (Å²) >= 11 is 0. The first kappa shape index (κ1) is 34.8. The van der Waals surface area contributed by atoms with E-state index in [1.807, 2.05) is 6.07 Å². The number of hydrogen-bond donors (Lipinski definition) is 0. The Kier molecular flexibility index (Phi) is 7.43. The van der Waals surface area contributed by atoms with Gasteiger partial charge in [-0.05, 0) is 122 Å². The second-order valence-corrected chi connectivity index (χ2v) is 16.3. The summed E-state index contributed by atoms with van der Waals surface area (Å²) in [5.74, 6) is 1.72. The molecule has 0 aliphatic heterocycles. The largest absolute Gasteiger partial charge is 0.292 e. The van der Waals surface area contributed by atoms with Crippen molar-refractivity contribution < 1.29 is 0 Å². The van der Waals surface area contributed by atoms with E-state index in [9.17, 15) is 0 Å². The minimum absolute atomic E-state index is 0.535. The summed E-state index contributed by atoms with van der Waals surface area (Å²) in [5, 5.41) is 0. The van der Waals surface area contributed by atoms with Gasteiger partial charge in [-0.15, -0.1) is 0 Å². The first-order valence-corrected chi connectivity index (χ1v) is 21.1. The van der Waals surface area contributed by atoms with Crippen LogP contribution in [0.4, 0.5) is 0 Å². The van der Waals surface area contributed by atoms with Gasteiger partial charge in [0.15, 0.2) is 0 Å². The van der Waals surface area contributed by atoms with Crippen molar-refractivity contribution in [3.63, 3.8) is 0 Å². The standard InChI is InChI=1S/C57H35BN4/c58-48-28-16-27-47-54(48)43-22-8-10-25-45(43)57(47)44-24-9-7-21-42(44)53-41(23-15-26-46(53)57)36-33-37(55-59-49-29-11-13-31-51(49)61(55)39-17-3-1-4-18-39)35-38(34-36)56-60-50-30-12-14-32-52(50)62(56)40-19-5-2-6-20-40/h1-35H. The van der Waals surface area contributed by atoms with Gasteiger partial charge in [-0.3, -0.25) is 9.13 Å². The van der Waals surface area contributed by atoms with Crippen molar-refractivity contribution in [2.45, 2.75) is 5.41 Å². The molecule has 0 bridgehead atoms. The van der Waals surface area contributed by atoms with E-state index >= 15 is 0 Å². The molecular weight excluding hydrogens is 751 g/mol. The molecule has 11 aromatic rings. The summed E-state index contributed by atoms with van der Waals surface area (Å²) < 4.78 is 4.57. The van der Waals surface area contributed by atoms with Crippen molar-refractivity contribution in [3.05, 3.63) is 235 Å². The van der Waals surface area contributed by atoms with Gasteiger partial charge in [0.1, 0.15) is 19.5 Å². The topological polar surface area (TPSA) is 35.6 Å². The lowest BCUT2D eigenvalue weighted by molar-refractivity contribution is 0.794. The number of nitrogens with zero attached hydrogens (tertiary/aromatic N) is 4. The molecule has 13 rings (SSSR count). The molecule has 2 aliphatic carbocycles. The van der Waals surface area contributed by atoms with E-state index in [1.165, 1.54) is 38.9 Å². The van der Waals surface area contributed by atoms with E-state index in [2.05, 4.69) is 215 Å². The summed E-state index contributed by atoms with van der Waals surface area (Å²) in [5.41, 5.74) is 20.3. The fraction of sp³-hybridized carbons (Fsp3) is 0.0175. The highest BCUT2D eigenvalue weighted by Gasteiger charge is 2.52. The van der Waals surface area contributed by atoms with Crippen LogP contribution in [-0.2, 0) is 5.41 Å². The van der Waals surface area contributed by atoms with Crippen LogP contribution in [0.2, 0.25) is 0 Å². The zero-order valence-corrected chi connectivity index (χ0v) is 33.6. The van der Waals surface area contributed by atoms with Crippen LogP contribution in [0.25, 0.3) is 89.6 Å². The van der Waals surface area contributed by atoms with E-state index < -0.39 is 5.41 Å². The van der Waals surface area contributed by atoms with Crippen molar-refractivity contribution in [1.29, 1.82) is 0 Å². The predicted molar refractivity (Wildman–Crippen MR) is 254 cm³/mol. The average Bonchev–Trinajstić information content (AvgIpc) is 4.08. The fourth-order valence-corrected chi connectivity index (χ4v) is 10.7. The van der Waals surface area contributed by atoms with Crippen LogP contribution in [-0.4, -0.2) is 26.9 Å². The minimum atomic E-state index is -0.535. The highest BCUT2D eigenvalue weighted by atomic mass is 15.1. The number of benzene rings is 9. The molecule has 5 heteroatoms. The Morgan fingerprint density at radius 3 is 1.35 bits per heavy atom. The molecule has 2 aromatic heterocycles. The Morgan fingerprint density at radius 1 is 0.355 bits per heavy atom. The molecule has 286 valence electrons. The molecule has 0 amide bonds. The van der Waals surface area contributed by atoms with Gasteiger partial charge >= 0.3 is 0 Å². The maximum atomic E-state index is 6.89. The molecule has 1 spiro atoms. The smallest absolute Gasteiger partial charge is 0.145 e. The Bertz CT molecular complexity index is 3470. The lowest BCUT2D eigenvalue weighted by Gasteiger charge is -2.30. The first-order valence-electron chi connectivity index (χ1n) is 21.1. The number of aromatic nitrogens is 4.